The van der Waals surface area contributed by atoms with Gasteiger partial charge in [-0.05, 0) is 17.9 Å². The summed E-state index contributed by atoms with van der Waals surface area (Å²) in [5.74, 6) is 2.29. The highest BCUT2D eigenvalue weighted by atomic mass is 15.3. The van der Waals surface area contributed by atoms with Crippen molar-refractivity contribution in [3.05, 3.63) is 48.0 Å². The van der Waals surface area contributed by atoms with Crippen LogP contribution in [0.4, 0.5) is 0 Å². The molecule has 4 nitrogen and oxygen atoms in total. The van der Waals surface area contributed by atoms with Gasteiger partial charge in [-0.1, -0.05) is 44.2 Å². The van der Waals surface area contributed by atoms with Crippen molar-refractivity contribution in [3.8, 4) is 0 Å². The molecule has 20 heavy (non-hydrogen) atoms. The fourth-order valence-corrected chi connectivity index (χ4v) is 2.63. The van der Waals surface area contributed by atoms with Gasteiger partial charge in [0, 0.05) is 18.5 Å². The Morgan fingerprint density at radius 2 is 2.10 bits per heavy atom. The van der Waals surface area contributed by atoms with Crippen molar-refractivity contribution in [2.75, 3.05) is 0 Å². The van der Waals surface area contributed by atoms with E-state index in [2.05, 4.69) is 59.6 Å². The van der Waals surface area contributed by atoms with Gasteiger partial charge >= 0.3 is 0 Å². The molecule has 0 saturated heterocycles. The molecule has 2 atom stereocenters. The molecule has 1 aliphatic carbocycles. The van der Waals surface area contributed by atoms with E-state index in [1.807, 2.05) is 4.68 Å². The van der Waals surface area contributed by atoms with Crippen LogP contribution in [0, 0.1) is 5.92 Å². The van der Waals surface area contributed by atoms with E-state index >= 15 is 0 Å². The Morgan fingerprint density at radius 3 is 2.85 bits per heavy atom. The maximum absolute atomic E-state index is 4.36. The van der Waals surface area contributed by atoms with Crippen molar-refractivity contribution in [1.29, 1.82) is 0 Å². The number of nitrogens with zero attached hydrogens (tertiary/aromatic N) is 3. The molecule has 0 bridgehead atoms. The maximum atomic E-state index is 4.36. The SMILES string of the molecule is CC(C)Cn1ncnc1CNC1CC1c1ccccc1. The molecule has 1 saturated carbocycles. The number of hydrogen-bond donors (Lipinski definition) is 1. The van der Waals surface area contributed by atoms with Crippen LogP contribution in [-0.2, 0) is 13.1 Å². The lowest BCUT2D eigenvalue weighted by molar-refractivity contribution is 0.457. The number of rotatable bonds is 6. The van der Waals surface area contributed by atoms with Crippen LogP contribution >= 0.6 is 0 Å². The zero-order chi connectivity index (χ0) is 13.9. The summed E-state index contributed by atoms with van der Waals surface area (Å²) in [7, 11) is 0. The number of hydrogen-bond acceptors (Lipinski definition) is 3. The summed E-state index contributed by atoms with van der Waals surface area (Å²) in [5.41, 5.74) is 1.44. The predicted octanol–water partition coefficient (Wildman–Crippen LogP) is 2.58. The number of aromatic nitrogens is 3. The second kappa shape index (κ2) is 5.75. The van der Waals surface area contributed by atoms with E-state index in [0.717, 1.165) is 18.9 Å². The van der Waals surface area contributed by atoms with Crippen LogP contribution in [0.5, 0.6) is 0 Å². The molecular formula is C16H22N4. The quantitative estimate of drug-likeness (QED) is 0.877. The van der Waals surface area contributed by atoms with Gasteiger partial charge in [0.15, 0.2) is 0 Å². The summed E-state index contributed by atoms with van der Waals surface area (Å²) in [4.78, 5) is 4.36. The van der Waals surface area contributed by atoms with E-state index < -0.39 is 0 Å². The minimum absolute atomic E-state index is 0.585. The van der Waals surface area contributed by atoms with Gasteiger partial charge in [0.25, 0.3) is 0 Å². The van der Waals surface area contributed by atoms with Gasteiger partial charge in [0.05, 0.1) is 6.54 Å². The lowest BCUT2D eigenvalue weighted by atomic mass is 10.1. The molecule has 0 spiro atoms. The molecule has 0 radical (unpaired) electrons. The Labute approximate surface area is 120 Å². The van der Waals surface area contributed by atoms with Crippen LogP contribution in [-0.4, -0.2) is 20.8 Å². The normalized spacial score (nSPS) is 21.4. The first-order valence-electron chi connectivity index (χ1n) is 7.39. The van der Waals surface area contributed by atoms with Gasteiger partial charge in [0.2, 0.25) is 0 Å². The third-order valence-electron chi connectivity index (χ3n) is 3.77. The molecule has 1 N–H and O–H groups in total. The highest BCUT2D eigenvalue weighted by Gasteiger charge is 2.37. The fourth-order valence-electron chi connectivity index (χ4n) is 2.63. The smallest absolute Gasteiger partial charge is 0.140 e. The summed E-state index contributed by atoms with van der Waals surface area (Å²) in [5, 5.41) is 7.90. The van der Waals surface area contributed by atoms with Crippen molar-refractivity contribution in [2.45, 2.75) is 45.3 Å². The maximum Gasteiger partial charge on any atom is 0.140 e. The average Bonchev–Trinajstić information content (AvgIpc) is 3.10. The Morgan fingerprint density at radius 1 is 1.30 bits per heavy atom. The van der Waals surface area contributed by atoms with Crippen molar-refractivity contribution < 1.29 is 0 Å². The van der Waals surface area contributed by atoms with Crippen LogP contribution in [0.15, 0.2) is 36.7 Å². The summed E-state index contributed by atoms with van der Waals surface area (Å²) in [6, 6.07) is 11.3. The summed E-state index contributed by atoms with van der Waals surface area (Å²) in [6.45, 7) is 6.14. The van der Waals surface area contributed by atoms with Crippen LogP contribution < -0.4 is 5.32 Å². The third kappa shape index (κ3) is 3.07. The molecule has 2 aromatic rings. The predicted molar refractivity (Wildman–Crippen MR) is 79.3 cm³/mol. The standard InChI is InChI=1S/C16H22N4/c1-12(2)10-20-16(18-11-19-20)9-17-15-8-14(15)13-6-4-3-5-7-13/h3-7,11-12,14-15,17H,8-10H2,1-2H3. The summed E-state index contributed by atoms with van der Waals surface area (Å²) in [6.07, 6.45) is 2.88. The zero-order valence-corrected chi connectivity index (χ0v) is 12.2. The van der Waals surface area contributed by atoms with Gasteiger partial charge in [-0.25, -0.2) is 9.67 Å². The topological polar surface area (TPSA) is 42.7 Å². The Balaban J connectivity index is 1.53. The van der Waals surface area contributed by atoms with E-state index in [4.69, 9.17) is 0 Å². The monoisotopic (exact) mass is 270 g/mol. The number of nitrogens with one attached hydrogen (secondary N) is 1. The van der Waals surface area contributed by atoms with Crippen LogP contribution in [0.3, 0.4) is 0 Å². The molecule has 1 fully saturated rings. The Hall–Kier alpha value is -1.68. The van der Waals surface area contributed by atoms with Gasteiger partial charge in [0.1, 0.15) is 12.2 Å². The first kappa shape index (κ1) is 13.3. The molecular weight excluding hydrogens is 248 g/mol. The van der Waals surface area contributed by atoms with E-state index in [1.54, 1.807) is 6.33 Å². The zero-order valence-electron chi connectivity index (χ0n) is 12.2. The molecule has 106 valence electrons. The van der Waals surface area contributed by atoms with Gasteiger partial charge in [-0.2, -0.15) is 5.10 Å². The Bertz CT molecular complexity index is 547. The van der Waals surface area contributed by atoms with Crippen molar-refractivity contribution >= 4 is 0 Å². The number of benzene rings is 1. The van der Waals surface area contributed by atoms with Gasteiger partial charge < -0.3 is 5.32 Å². The lowest BCUT2D eigenvalue weighted by Crippen LogP contribution is -2.21. The van der Waals surface area contributed by atoms with Crippen molar-refractivity contribution in [2.24, 2.45) is 5.92 Å². The first-order valence-corrected chi connectivity index (χ1v) is 7.39. The molecule has 2 unspecified atom stereocenters. The van der Waals surface area contributed by atoms with Gasteiger partial charge in [-0.15, -0.1) is 0 Å². The fraction of sp³-hybridized carbons (Fsp3) is 0.500. The molecule has 1 aromatic heterocycles. The van der Waals surface area contributed by atoms with E-state index in [0.29, 0.717) is 17.9 Å². The second-order valence-corrected chi connectivity index (χ2v) is 5.99. The summed E-state index contributed by atoms with van der Waals surface area (Å²) >= 11 is 0. The molecule has 0 amide bonds. The largest absolute Gasteiger partial charge is 0.306 e. The molecule has 1 aromatic carbocycles. The van der Waals surface area contributed by atoms with Gasteiger partial charge in [-0.3, -0.25) is 0 Å². The van der Waals surface area contributed by atoms with E-state index in [1.165, 1.54) is 12.0 Å². The minimum Gasteiger partial charge on any atom is -0.306 e. The van der Waals surface area contributed by atoms with E-state index in [-0.39, 0.29) is 0 Å². The molecule has 1 heterocycles. The van der Waals surface area contributed by atoms with E-state index in [9.17, 15) is 0 Å². The second-order valence-electron chi connectivity index (χ2n) is 5.99. The van der Waals surface area contributed by atoms with Crippen molar-refractivity contribution in [1.82, 2.24) is 20.1 Å². The molecule has 3 rings (SSSR count). The van der Waals surface area contributed by atoms with Crippen molar-refractivity contribution in [3.63, 3.8) is 0 Å². The van der Waals surface area contributed by atoms with Crippen LogP contribution in [0.25, 0.3) is 0 Å². The summed E-state index contributed by atoms with van der Waals surface area (Å²) < 4.78 is 2.01. The lowest BCUT2D eigenvalue weighted by Gasteiger charge is -2.09. The third-order valence-corrected chi connectivity index (χ3v) is 3.77. The molecule has 4 heteroatoms. The highest BCUT2D eigenvalue weighted by Crippen LogP contribution is 2.40. The molecule has 1 aliphatic rings. The van der Waals surface area contributed by atoms with Crippen LogP contribution in [0.2, 0.25) is 0 Å². The van der Waals surface area contributed by atoms with Crippen LogP contribution in [0.1, 0.15) is 37.6 Å². The average molecular weight is 270 g/mol. The Kier molecular flexibility index (Phi) is 3.83. The first-order chi connectivity index (χ1) is 9.74. The minimum atomic E-state index is 0.585. The molecule has 0 aliphatic heterocycles. The highest BCUT2D eigenvalue weighted by molar-refractivity contribution is 5.27.